The van der Waals surface area contributed by atoms with Crippen molar-refractivity contribution < 1.29 is 42.1 Å². The Morgan fingerprint density at radius 3 is 1.57 bits per heavy atom. The molecule has 0 aromatic heterocycles. The van der Waals surface area contributed by atoms with Crippen LogP contribution in [0.25, 0.3) is 0 Å². The van der Waals surface area contributed by atoms with Crippen molar-refractivity contribution in [2.24, 2.45) is 0 Å². The van der Waals surface area contributed by atoms with E-state index in [0.29, 0.717) is 23.9 Å². The number of rotatable bonds is 38. The van der Waals surface area contributed by atoms with Gasteiger partial charge in [-0.1, -0.05) is 152 Å². The fourth-order valence-electron chi connectivity index (χ4n) is 5.53. The number of carbonyl (C=O) groups is 2. The molecule has 0 saturated heterocycles. The average Bonchev–Trinajstić information content (AvgIpc) is 3.12. The molecule has 0 rings (SSSR count). The third-order valence-electron chi connectivity index (χ3n) is 8.86. The maximum Gasteiger partial charge on any atom is 0.306 e. The van der Waals surface area contributed by atoms with Gasteiger partial charge in [0.05, 0.1) is 27.7 Å². The quantitative estimate of drug-likeness (QED) is 0.0200. The Morgan fingerprint density at radius 2 is 1.06 bits per heavy atom. The van der Waals surface area contributed by atoms with Crippen LogP contribution in [0, 0.1) is 0 Å². The number of ether oxygens (including phenoxy) is 2. The van der Waals surface area contributed by atoms with Crippen molar-refractivity contribution in [2.75, 3.05) is 47.5 Å². The molecule has 1 unspecified atom stereocenters. The van der Waals surface area contributed by atoms with Crippen molar-refractivity contribution in [1.82, 2.24) is 0 Å². The summed E-state index contributed by atoms with van der Waals surface area (Å²) in [5, 5.41) is 0. The number of phosphoric ester groups is 1. The van der Waals surface area contributed by atoms with Crippen molar-refractivity contribution in [3.05, 3.63) is 48.6 Å². The van der Waals surface area contributed by atoms with Gasteiger partial charge < -0.3 is 27.9 Å². The average molecular weight is 782 g/mol. The molecule has 0 amide bonds. The van der Waals surface area contributed by atoms with E-state index in [1.54, 1.807) is 0 Å². The summed E-state index contributed by atoms with van der Waals surface area (Å²) < 4.78 is 33.8. The number of esters is 2. The Morgan fingerprint density at radius 1 is 0.593 bits per heavy atom. The second-order valence-corrected chi connectivity index (χ2v) is 16.7. The Bertz CT molecular complexity index is 1070. The Hall–Kier alpha value is -2.03. The van der Waals surface area contributed by atoms with Crippen LogP contribution in [0.3, 0.4) is 0 Å². The zero-order valence-corrected chi connectivity index (χ0v) is 36.0. The first-order chi connectivity index (χ1) is 26.0. The molecule has 0 radical (unpaired) electrons. The van der Waals surface area contributed by atoms with Crippen LogP contribution in [0.5, 0.6) is 0 Å². The highest BCUT2D eigenvalue weighted by molar-refractivity contribution is 7.45. The van der Waals surface area contributed by atoms with Crippen LogP contribution in [0.2, 0.25) is 0 Å². The first-order valence-electron chi connectivity index (χ1n) is 21.3. The summed E-state index contributed by atoms with van der Waals surface area (Å²) in [5.41, 5.74) is 0. The molecule has 0 heterocycles. The SMILES string of the molecule is CC/C=C\C/C=C\C/C=C\C/C=C\CCCCCCC(=O)OC[C@H](COP(=O)([O-])OCC[N+](C)(C)C)OC(=O)CCCCCCCCCCCCCCC. The van der Waals surface area contributed by atoms with Crippen molar-refractivity contribution in [3.8, 4) is 0 Å². The highest BCUT2D eigenvalue weighted by atomic mass is 31.2. The van der Waals surface area contributed by atoms with Gasteiger partial charge in [-0.3, -0.25) is 14.2 Å². The number of phosphoric acid groups is 1. The molecule has 0 N–H and O–H groups in total. The topological polar surface area (TPSA) is 111 Å². The number of hydrogen-bond acceptors (Lipinski definition) is 8. The van der Waals surface area contributed by atoms with E-state index in [1.807, 2.05) is 21.1 Å². The van der Waals surface area contributed by atoms with Gasteiger partial charge in [0.1, 0.15) is 19.8 Å². The summed E-state index contributed by atoms with van der Waals surface area (Å²) >= 11 is 0. The van der Waals surface area contributed by atoms with Gasteiger partial charge in [0.15, 0.2) is 6.10 Å². The number of carbonyl (C=O) groups excluding carboxylic acids is 2. The molecule has 0 spiro atoms. The molecule has 0 aliphatic heterocycles. The van der Waals surface area contributed by atoms with Crippen LogP contribution < -0.4 is 4.89 Å². The lowest BCUT2D eigenvalue weighted by molar-refractivity contribution is -0.870. The second-order valence-electron chi connectivity index (χ2n) is 15.3. The van der Waals surface area contributed by atoms with E-state index >= 15 is 0 Å². The number of hydrogen-bond donors (Lipinski definition) is 0. The van der Waals surface area contributed by atoms with Crippen LogP contribution >= 0.6 is 7.82 Å². The van der Waals surface area contributed by atoms with Gasteiger partial charge >= 0.3 is 11.9 Å². The van der Waals surface area contributed by atoms with E-state index in [9.17, 15) is 19.0 Å². The van der Waals surface area contributed by atoms with Gasteiger partial charge in [0.25, 0.3) is 7.82 Å². The molecule has 0 aliphatic carbocycles. The smallest absolute Gasteiger partial charge is 0.306 e. The Labute approximate surface area is 331 Å². The van der Waals surface area contributed by atoms with Crippen LogP contribution in [-0.4, -0.2) is 70.0 Å². The van der Waals surface area contributed by atoms with Gasteiger partial charge in [-0.05, 0) is 51.4 Å². The molecule has 0 aliphatic rings. The predicted molar refractivity (Wildman–Crippen MR) is 222 cm³/mol. The van der Waals surface area contributed by atoms with E-state index in [4.69, 9.17) is 18.5 Å². The lowest BCUT2D eigenvalue weighted by Gasteiger charge is -2.28. The molecule has 0 saturated carbocycles. The normalized spacial score (nSPS) is 14.1. The minimum atomic E-state index is -4.63. The zero-order valence-electron chi connectivity index (χ0n) is 35.2. The number of unbranched alkanes of at least 4 members (excludes halogenated alkanes) is 16. The Balaban J connectivity index is 4.41. The van der Waals surface area contributed by atoms with E-state index < -0.39 is 32.5 Å². The molecule has 0 aromatic carbocycles. The molecule has 314 valence electrons. The number of likely N-dealkylation sites (N-methyl/N-ethyl adjacent to an activating group) is 1. The lowest BCUT2D eigenvalue weighted by Crippen LogP contribution is -2.37. The fourth-order valence-corrected chi connectivity index (χ4v) is 6.26. The first kappa shape index (κ1) is 52.0. The summed E-state index contributed by atoms with van der Waals surface area (Å²) in [6.45, 7) is 4.08. The first-order valence-corrected chi connectivity index (χ1v) is 22.8. The van der Waals surface area contributed by atoms with E-state index in [1.165, 1.54) is 57.8 Å². The monoisotopic (exact) mass is 782 g/mol. The molecular formula is C44H80NO8P. The van der Waals surface area contributed by atoms with Crippen molar-refractivity contribution in [3.63, 3.8) is 0 Å². The van der Waals surface area contributed by atoms with E-state index in [2.05, 4.69) is 62.5 Å². The maximum atomic E-state index is 12.6. The summed E-state index contributed by atoms with van der Waals surface area (Å²) in [5.74, 6) is -0.862. The summed E-state index contributed by atoms with van der Waals surface area (Å²) in [4.78, 5) is 37.5. The summed E-state index contributed by atoms with van der Waals surface area (Å²) in [7, 11) is 1.15. The zero-order chi connectivity index (χ0) is 40.0. The fraction of sp³-hybridized carbons (Fsp3) is 0.773. The highest BCUT2D eigenvalue weighted by Crippen LogP contribution is 2.38. The summed E-state index contributed by atoms with van der Waals surface area (Å²) in [6.07, 6.45) is 41.3. The standard InChI is InChI=1S/C44H80NO8P/c1-6-8-10-12-14-16-18-20-21-22-23-25-26-28-30-32-34-36-43(46)50-40-42(41-52-54(48,49)51-39-38-45(3,4)5)53-44(47)37-35-33-31-29-27-24-19-17-15-13-11-9-7-2/h8,10,14,16,20-21,23,25,42H,6-7,9,11-13,15,17-19,22,24,26-41H2,1-5H3/b10-8-,16-14-,21-20-,25-23-/t42-/m1/s1. The Kier molecular flexibility index (Phi) is 35.2. The number of nitrogens with zero attached hydrogens (tertiary/aromatic N) is 1. The molecule has 2 atom stereocenters. The third-order valence-corrected chi connectivity index (χ3v) is 9.83. The predicted octanol–water partition coefficient (Wildman–Crippen LogP) is 11.3. The number of quaternary nitrogens is 1. The van der Waals surface area contributed by atoms with Gasteiger partial charge in [-0.2, -0.15) is 0 Å². The lowest BCUT2D eigenvalue weighted by atomic mass is 10.0. The van der Waals surface area contributed by atoms with Crippen LogP contribution in [0.4, 0.5) is 0 Å². The number of allylic oxidation sites excluding steroid dienone is 8. The van der Waals surface area contributed by atoms with Crippen LogP contribution in [0.15, 0.2) is 48.6 Å². The van der Waals surface area contributed by atoms with Crippen LogP contribution in [0.1, 0.15) is 168 Å². The van der Waals surface area contributed by atoms with Gasteiger partial charge in [0, 0.05) is 12.8 Å². The van der Waals surface area contributed by atoms with Crippen molar-refractivity contribution in [1.29, 1.82) is 0 Å². The van der Waals surface area contributed by atoms with Crippen molar-refractivity contribution in [2.45, 2.75) is 174 Å². The largest absolute Gasteiger partial charge is 0.756 e. The highest BCUT2D eigenvalue weighted by Gasteiger charge is 2.21. The molecular weight excluding hydrogens is 701 g/mol. The molecule has 54 heavy (non-hydrogen) atoms. The van der Waals surface area contributed by atoms with Gasteiger partial charge in [-0.25, -0.2) is 0 Å². The molecule has 0 fully saturated rings. The second kappa shape index (κ2) is 36.6. The van der Waals surface area contributed by atoms with Gasteiger partial charge in [-0.15, -0.1) is 0 Å². The van der Waals surface area contributed by atoms with Crippen molar-refractivity contribution >= 4 is 19.8 Å². The van der Waals surface area contributed by atoms with E-state index in [0.717, 1.165) is 70.6 Å². The van der Waals surface area contributed by atoms with Crippen LogP contribution in [-0.2, 0) is 32.7 Å². The maximum absolute atomic E-state index is 12.6. The molecule has 0 aromatic rings. The minimum Gasteiger partial charge on any atom is -0.756 e. The molecule has 0 bridgehead atoms. The molecule has 10 heteroatoms. The molecule has 9 nitrogen and oxygen atoms in total. The third kappa shape index (κ3) is 39.7. The van der Waals surface area contributed by atoms with E-state index in [-0.39, 0.29) is 26.1 Å². The minimum absolute atomic E-state index is 0.0355. The summed E-state index contributed by atoms with van der Waals surface area (Å²) in [6, 6.07) is 0. The van der Waals surface area contributed by atoms with Gasteiger partial charge in [0.2, 0.25) is 0 Å².